The van der Waals surface area contributed by atoms with Crippen LogP contribution in [0.3, 0.4) is 0 Å². The van der Waals surface area contributed by atoms with Crippen LogP contribution in [0.25, 0.3) is 0 Å². The lowest BCUT2D eigenvalue weighted by Gasteiger charge is -2.36. The molecule has 138 valence electrons. The van der Waals surface area contributed by atoms with Gasteiger partial charge in [-0.25, -0.2) is 0 Å². The summed E-state index contributed by atoms with van der Waals surface area (Å²) in [5.41, 5.74) is 3.16. The molecule has 0 saturated carbocycles. The van der Waals surface area contributed by atoms with Crippen molar-refractivity contribution in [3.05, 3.63) is 63.1 Å². The minimum Gasteiger partial charge on any atom is -0.486 e. The van der Waals surface area contributed by atoms with Gasteiger partial charge in [-0.15, -0.1) is 0 Å². The number of likely N-dealkylation sites (tertiary alicyclic amines) is 1. The molecular formula is C20H21Cl2NO3. The van der Waals surface area contributed by atoms with Crippen LogP contribution in [0.5, 0.6) is 5.75 Å². The Balaban J connectivity index is 1.62. The highest BCUT2D eigenvalue weighted by molar-refractivity contribution is 6.42. The summed E-state index contributed by atoms with van der Waals surface area (Å²) in [6, 6.07) is 11.6. The first-order valence-corrected chi connectivity index (χ1v) is 9.25. The summed E-state index contributed by atoms with van der Waals surface area (Å²) >= 11 is 12.0. The van der Waals surface area contributed by atoms with Crippen LogP contribution in [-0.2, 0) is 11.3 Å². The Morgan fingerprint density at radius 3 is 2.58 bits per heavy atom. The van der Waals surface area contributed by atoms with E-state index in [0.29, 0.717) is 23.1 Å². The number of benzene rings is 2. The predicted octanol–water partition coefficient (Wildman–Crippen LogP) is 4.96. The second-order valence-electron chi connectivity index (χ2n) is 6.76. The van der Waals surface area contributed by atoms with Gasteiger partial charge in [0.25, 0.3) is 0 Å². The van der Waals surface area contributed by atoms with E-state index in [9.17, 15) is 4.79 Å². The van der Waals surface area contributed by atoms with Gasteiger partial charge in [0.05, 0.1) is 16.0 Å². The van der Waals surface area contributed by atoms with E-state index in [0.717, 1.165) is 29.0 Å². The molecule has 0 radical (unpaired) electrons. The number of halogens is 2. The van der Waals surface area contributed by atoms with Crippen molar-refractivity contribution in [3.8, 4) is 5.75 Å². The Bertz CT molecular complexity index is 819. The predicted molar refractivity (Wildman–Crippen MR) is 103 cm³/mol. The summed E-state index contributed by atoms with van der Waals surface area (Å²) < 4.78 is 6.08. The first-order valence-electron chi connectivity index (χ1n) is 8.50. The third kappa shape index (κ3) is 4.32. The molecule has 0 aromatic heterocycles. The number of aliphatic carboxylic acids is 1. The molecule has 0 amide bonds. The van der Waals surface area contributed by atoms with Crippen molar-refractivity contribution >= 4 is 29.2 Å². The van der Waals surface area contributed by atoms with Crippen LogP contribution in [0, 0.1) is 12.8 Å². The lowest BCUT2D eigenvalue weighted by atomic mass is 9.99. The largest absolute Gasteiger partial charge is 0.486 e. The molecule has 6 heteroatoms. The maximum atomic E-state index is 10.9. The number of hydrogen-bond donors (Lipinski definition) is 1. The van der Waals surface area contributed by atoms with Crippen molar-refractivity contribution in [2.75, 3.05) is 13.1 Å². The molecule has 2 aromatic rings. The smallest absolute Gasteiger partial charge is 0.309 e. The van der Waals surface area contributed by atoms with Crippen LogP contribution in [0.2, 0.25) is 10.0 Å². The monoisotopic (exact) mass is 393 g/mol. The number of aryl methyl sites for hydroxylation is 1. The highest BCUT2D eigenvalue weighted by Crippen LogP contribution is 2.30. The van der Waals surface area contributed by atoms with Crippen LogP contribution in [0.15, 0.2) is 36.4 Å². The van der Waals surface area contributed by atoms with Crippen molar-refractivity contribution in [3.63, 3.8) is 0 Å². The van der Waals surface area contributed by atoms with E-state index in [4.69, 9.17) is 33.0 Å². The topological polar surface area (TPSA) is 49.8 Å². The van der Waals surface area contributed by atoms with Crippen molar-refractivity contribution in [2.24, 2.45) is 5.92 Å². The maximum absolute atomic E-state index is 10.9. The molecule has 0 spiro atoms. The van der Waals surface area contributed by atoms with Gasteiger partial charge in [0, 0.05) is 19.6 Å². The van der Waals surface area contributed by atoms with Crippen LogP contribution in [-0.4, -0.2) is 29.1 Å². The van der Waals surface area contributed by atoms with Crippen LogP contribution in [0.1, 0.15) is 29.7 Å². The molecule has 1 unspecified atom stereocenters. The average Bonchev–Trinajstić information content (AvgIpc) is 2.55. The Kier molecular flexibility index (Phi) is 5.76. The molecule has 1 N–H and O–H groups in total. The molecule has 1 heterocycles. The molecule has 26 heavy (non-hydrogen) atoms. The highest BCUT2D eigenvalue weighted by atomic mass is 35.5. The molecular weight excluding hydrogens is 373 g/mol. The van der Waals surface area contributed by atoms with Gasteiger partial charge < -0.3 is 9.84 Å². The maximum Gasteiger partial charge on any atom is 0.309 e. The summed E-state index contributed by atoms with van der Waals surface area (Å²) in [6.45, 7) is 5.96. The summed E-state index contributed by atoms with van der Waals surface area (Å²) in [7, 11) is 0. The Morgan fingerprint density at radius 1 is 1.23 bits per heavy atom. The lowest BCUT2D eigenvalue weighted by molar-refractivity contribution is -0.147. The SMILES string of the molecule is Cc1cc(CN2CC(C(=O)O)C2)ccc1OC(C)c1ccc(Cl)c(Cl)c1. The lowest BCUT2D eigenvalue weighted by Crippen LogP contribution is -2.49. The normalized spacial score (nSPS) is 16.2. The summed E-state index contributed by atoms with van der Waals surface area (Å²) in [5, 5.41) is 9.99. The molecule has 0 bridgehead atoms. The zero-order valence-corrected chi connectivity index (χ0v) is 16.2. The molecule has 1 fully saturated rings. The molecule has 1 aliphatic rings. The number of carboxylic acids is 1. The van der Waals surface area contributed by atoms with Crippen molar-refractivity contribution in [2.45, 2.75) is 26.5 Å². The third-order valence-electron chi connectivity index (χ3n) is 4.67. The van der Waals surface area contributed by atoms with Crippen LogP contribution in [0.4, 0.5) is 0 Å². The van der Waals surface area contributed by atoms with Gasteiger partial charge in [-0.1, -0.05) is 41.4 Å². The molecule has 3 rings (SSSR count). The molecule has 2 aromatic carbocycles. The highest BCUT2D eigenvalue weighted by Gasteiger charge is 2.32. The van der Waals surface area contributed by atoms with Gasteiger partial charge >= 0.3 is 5.97 Å². The van der Waals surface area contributed by atoms with Crippen molar-refractivity contribution < 1.29 is 14.6 Å². The van der Waals surface area contributed by atoms with Crippen molar-refractivity contribution in [1.82, 2.24) is 4.90 Å². The second-order valence-corrected chi connectivity index (χ2v) is 7.58. The van der Waals surface area contributed by atoms with Crippen LogP contribution >= 0.6 is 23.2 Å². The zero-order valence-electron chi connectivity index (χ0n) is 14.7. The molecule has 1 saturated heterocycles. The van der Waals surface area contributed by atoms with E-state index in [2.05, 4.69) is 11.0 Å². The van der Waals surface area contributed by atoms with Gasteiger partial charge in [0.2, 0.25) is 0 Å². The molecule has 4 nitrogen and oxygen atoms in total. The van der Waals surface area contributed by atoms with Gasteiger partial charge in [-0.2, -0.15) is 0 Å². The van der Waals surface area contributed by atoms with Gasteiger partial charge in [-0.3, -0.25) is 9.69 Å². The number of hydrogen-bond acceptors (Lipinski definition) is 3. The fourth-order valence-electron chi connectivity index (χ4n) is 3.08. The van der Waals surface area contributed by atoms with E-state index >= 15 is 0 Å². The average molecular weight is 394 g/mol. The van der Waals surface area contributed by atoms with Crippen LogP contribution < -0.4 is 4.74 Å². The number of carbonyl (C=O) groups is 1. The first-order chi connectivity index (χ1) is 12.3. The Morgan fingerprint density at radius 2 is 1.96 bits per heavy atom. The number of ether oxygens (including phenoxy) is 1. The van der Waals surface area contributed by atoms with Gasteiger partial charge in [-0.05, 0) is 48.7 Å². The van der Waals surface area contributed by atoms with Gasteiger partial charge in [0.15, 0.2) is 0 Å². The minimum absolute atomic E-state index is 0.152. The van der Waals surface area contributed by atoms with E-state index in [1.54, 1.807) is 6.07 Å². The molecule has 1 atom stereocenters. The summed E-state index contributed by atoms with van der Waals surface area (Å²) in [4.78, 5) is 13.0. The Hall–Kier alpha value is -1.75. The van der Waals surface area contributed by atoms with Crippen molar-refractivity contribution in [1.29, 1.82) is 0 Å². The number of carboxylic acid groups (broad SMARTS) is 1. The van der Waals surface area contributed by atoms with E-state index in [1.165, 1.54) is 0 Å². The molecule has 1 aliphatic heterocycles. The quantitative estimate of drug-likeness (QED) is 0.753. The Labute approximate surface area is 163 Å². The standard InChI is InChI=1S/C20H21Cl2NO3/c1-12-7-14(9-23-10-16(11-23)20(24)25)3-6-19(12)26-13(2)15-4-5-17(21)18(22)8-15/h3-8,13,16H,9-11H2,1-2H3,(H,24,25). The molecule has 0 aliphatic carbocycles. The first kappa shape index (κ1) is 19.0. The summed E-state index contributed by atoms with van der Waals surface area (Å²) in [5.74, 6) is -0.123. The van der Waals surface area contributed by atoms with E-state index < -0.39 is 5.97 Å². The van der Waals surface area contributed by atoms with E-state index in [-0.39, 0.29) is 12.0 Å². The fraction of sp³-hybridized carbons (Fsp3) is 0.350. The summed E-state index contributed by atoms with van der Waals surface area (Å²) in [6.07, 6.45) is -0.152. The zero-order chi connectivity index (χ0) is 18.8. The number of rotatable bonds is 6. The third-order valence-corrected chi connectivity index (χ3v) is 5.41. The minimum atomic E-state index is -0.711. The van der Waals surface area contributed by atoms with E-state index in [1.807, 2.05) is 38.1 Å². The van der Waals surface area contributed by atoms with Gasteiger partial charge in [0.1, 0.15) is 11.9 Å². The second kappa shape index (κ2) is 7.87. The number of nitrogens with zero attached hydrogens (tertiary/aromatic N) is 1. The fourth-order valence-corrected chi connectivity index (χ4v) is 3.39.